The standard InChI is InChI=1S/C26H27FN4O2/c1-5-33-25-14-24-22(13-18(25)12-21(32)7-6-10-31(3)4)26(19(15-28)16-29-24)30-20-8-9-23(27)17(2)11-20/h6-9,11,13-14,16H,5,10,12H2,1-4H3,(H,29,30)/b7-6+/i1D3,5D2,7D,8D,9D,11D. The first-order valence-electron chi connectivity index (χ1n) is 14.3. The Balaban J connectivity index is 2.28. The first-order valence-corrected chi connectivity index (χ1v) is 9.81. The summed E-state index contributed by atoms with van der Waals surface area (Å²) in [5.41, 5.74) is -0.524. The first kappa shape index (κ1) is 14.4. The number of benzene rings is 2. The van der Waals surface area contributed by atoms with E-state index in [1.165, 1.54) is 25.1 Å². The number of anilines is 2. The number of nitrogens with zero attached hydrogens (tertiary/aromatic N) is 3. The molecule has 33 heavy (non-hydrogen) atoms. The molecule has 6 nitrogen and oxygen atoms in total. The van der Waals surface area contributed by atoms with Gasteiger partial charge < -0.3 is 15.0 Å². The van der Waals surface area contributed by atoms with Crippen LogP contribution < -0.4 is 10.1 Å². The second-order valence-corrected chi connectivity index (χ2v) is 7.36. The van der Waals surface area contributed by atoms with Gasteiger partial charge in [0.25, 0.3) is 0 Å². The van der Waals surface area contributed by atoms with Gasteiger partial charge in [-0.2, -0.15) is 5.26 Å². The third kappa shape index (κ3) is 5.93. The van der Waals surface area contributed by atoms with Crippen molar-refractivity contribution in [3.05, 3.63) is 71.1 Å². The van der Waals surface area contributed by atoms with Crippen molar-refractivity contribution in [1.82, 2.24) is 9.88 Å². The van der Waals surface area contributed by atoms with Crippen LogP contribution >= 0.6 is 0 Å². The number of fused-ring (bicyclic) bond motifs is 1. The fourth-order valence-electron chi connectivity index (χ4n) is 3.01. The van der Waals surface area contributed by atoms with Crippen molar-refractivity contribution in [2.24, 2.45) is 0 Å². The van der Waals surface area contributed by atoms with Gasteiger partial charge in [0.1, 0.15) is 17.6 Å². The number of carbonyl (C=O) groups excluding carboxylic acids is 1. The minimum Gasteiger partial charge on any atom is -0.494 e. The average Bonchev–Trinajstić information content (AvgIpc) is 2.91. The highest BCUT2D eigenvalue weighted by Gasteiger charge is 2.16. The Labute approximate surface area is 206 Å². The van der Waals surface area contributed by atoms with E-state index in [0.29, 0.717) is 0 Å². The maximum Gasteiger partial charge on any atom is 0.159 e. The lowest BCUT2D eigenvalue weighted by atomic mass is 10.0. The third-order valence-corrected chi connectivity index (χ3v) is 4.59. The number of hydrogen-bond acceptors (Lipinski definition) is 6. The fraction of sp³-hybridized carbons (Fsp3) is 0.269. The average molecular weight is 456 g/mol. The van der Waals surface area contributed by atoms with Gasteiger partial charge in [-0.1, -0.05) is 6.08 Å². The molecule has 0 unspecified atom stereocenters. The van der Waals surface area contributed by atoms with E-state index in [1.54, 1.807) is 19.0 Å². The lowest BCUT2D eigenvalue weighted by Crippen LogP contribution is -2.11. The van der Waals surface area contributed by atoms with E-state index in [1.807, 2.05) is 6.07 Å². The van der Waals surface area contributed by atoms with Crippen LogP contribution in [0.25, 0.3) is 10.9 Å². The van der Waals surface area contributed by atoms with Gasteiger partial charge >= 0.3 is 0 Å². The molecular weight excluding hydrogens is 419 g/mol. The molecule has 7 heteroatoms. The van der Waals surface area contributed by atoms with E-state index >= 15 is 0 Å². The molecule has 0 amide bonds. The maximum atomic E-state index is 14.3. The Bertz CT molecular complexity index is 1600. The number of likely N-dealkylation sites (N-methyl/N-ethyl adjacent to an activating group) is 1. The summed E-state index contributed by atoms with van der Waals surface area (Å²) in [4.78, 5) is 18.8. The van der Waals surface area contributed by atoms with Crippen molar-refractivity contribution in [3.8, 4) is 11.8 Å². The number of aromatic nitrogens is 1. The molecule has 0 saturated heterocycles. The molecule has 0 aliphatic carbocycles. The van der Waals surface area contributed by atoms with Crippen molar-refractivity contribution >= 4 is 28.1 Å². The van der Waals surface area contributed by atoms with Gasteiger partial charge in [0, 0.05) is 46.0 Å². The van der Waals surface area contributed by atoms with Crippen LogP contribution in [0.15, 0.2) is 48.6 Å². The number of carbonyl (C=O) groups is 1. The number of nitriles is 1. The molecule has 0 atom stereocenters. The lowest BCUT2D eigenvalue weighted by Gasteiger charge is -2.15. The normalized spacial score (nSPS) is 16.2. The monoisotopic (exact) mass is 455 g/mol. The van der Waals surface area contributed by atoms with Crippen LogP contribution in [0.1, 0.15) is 35.9 Å². The van der Waals surface area contributed by atoms with E-state index < -0.39 is 49.6 Å². The molecule has 0 spiro atoms. The minimum atomic E-state index is -3.20. The maximum absolute atomic E-state index is 14.3. The molecule has 170 valence electrons. The molecule has 1 aromatic heterocycles. The smallest absolute Gasteiger partial charge is 0.159 e. The third-order valence-electron chi connectivity index (χ3n) is 4.59. The highest BCUT2D eigenvalue weighted by Crippen LogP contribution is 2.34. The van der Waals surface area contributed by atoms with Gasteiger partial charge in [-0.05, 0) is 63.7 Å². The number of allylic oxidation sites excluding steroid dienone is 1. The van der Waals surface area contributed by atoms with E-state index in [9.17, 15) is 14.4 Å². The lowest BCUT2D eigenvalue weighted by molar-refractivity contribution is -0.114. The van der Waals surface area contributed by atoms with Crippen LogP contribution in [0.2, 0.25) is 0 Å². The zero-order valence-electron chi connectivity index (χ0n) is 27.3. The van der Waals surface area contributed by atoms with Crippen LogP contribution in [-0.2, 0) is 11.2 Å². The first-order chi connectivity index (χ1) is 19.4. The van der Waals surface area contributed by atoms with E-state index in [0.717, 1.165) is 6.20 Å². The molecule has 1 N–H and O–H groups in total. The number of nitrogens with one attached hydrogen (secondary N) is 1. The van der Waals surface area contributed by atoms with Crippen LogP contribution in [0.5, 0.6) is 5.75 Å². The van der Waals surface area contributed by atoms with Crippen LogP contribution in [0.4, 0.5) is 15.8 Å². The summed E-state index contributed by atoms with van der Waals surface area (Å²) < 4.78 is 90.5. The summed E-state index contributed by atoms with van der Waals surface area (Å²) in [7, 11) is 3.48. The SMILES string of the molecule is [2H]/C(=C\CN(C)C)C(=O)Cc1cc2c(Nc3c([2H])c([2H])c(F)c(C)c3[2H])c(C#N)cnc2cc1OC([2H])([2H])C([2H])([2H])[2H]. The molecule has 2 aromatic carbocycles. The highest BCUT2D eigenvalue weighted by atomic mass is 19.1. The number of ether oxygens (including phenoxy) is 1. The number of ketones is 1. The summed E-state index contributed by atoms with van der Waals surface area (Å²) >= 11 is 0. The number of rotatable bonds is 9. The van der Waals surface area contributed by atoms with E-state index in [-0.39, 0.29) is 57.3 Å². The molecule has 0 saturated carbocycles. The summed E-state index contributed by atoms with van der Waals surface area (Å²) in [6.07, 6.45) is 1.99. The summed E-state index contributed by atoms with van der Waals surface area (Å²) in [6, 6.07) is 2.23. The Morgan fingerprint density at radius 1 is 1.48 bits per heavy atom. The Morgan fingerprint density at radius 2 is 2.30 bits per heavy atom. The molecule has 1 heterocycles. The summed E-state index contributed by atoms with van der Waals surface area (Å²) in [6.45, 7) is -4.82. The predicted octanol–water partition coefficient (Wildman–Crippen LogP) is 4.93. The zero-order chi connectivity index (χ0) is 31.7. The zero-order valence-corrected chi connectivity index (χ0v) is 18.3. The molecule has 0 fully saturated rings. The molecule has 0 bridgehead atoms. The molecule has 0 radical (unpaired) electrons. The number of hydrogen-bond donors (Lipinski definition) is 1. The van der Waals surface area contributed by atoms with Crippen molar-refractivity contribution in [3.63, 3.8) is 0 Å². The molecule has 3 rings (SSSR count). The Morgan fingerprint density at radius 3 is 3.03 bits per heavy atom. The van der Waals surface area contributed by atoms with Crippen molar-refractivity contribution < 1.29 is 26.3 Å². The van der Waals surface area contributed by atoms with Crippen LogP contribution in [-0.4, -0.2) is 42.9 Å². The van der Waals surface area contributed by atoms with Gasteiger partial charge in [-0.25, -0.2) is 4.39 Å². The van der Waals surface area contributed by atoms with Crippen LogP contribution in [0, 0.1) is 24.1 Å². The molecular formula is C26H27FN4O2. The molecule has 3 aromatic rings. The van der Waals surface area contributed by atoms with Gasteiger partial charge in [0.05, 0.1) is 31.6 Å². The van der Waals surface area contributed by atoms with E-state index in [4.69, 9.17) is 17.1 Å². The fourth-order valence-corrected chi connectivity index (χ4v) is 3.01. The minimum absolute atomic E-state index is 0.0109. The highest BCUT2D eigenvalue weighted by molar-refractivity contribution is 5.98. The van der Waals surface area contributed by atoms with Gasteiger partial charge in [-0.15, -0.1) is 0 Å². The van der Waals surface area contributed by atoms with Crippen molar-refractivity contribution in [1.29, 1.82) is 5.26 Å². The quantitative estimate of drug-likeness (QED) is 0.461. The number of halogens is 1. The summed E-state index contributed by atoms with van der Waals surface area (Å²) in [5.74, 6) is -2.06. The van der Waals surface area contributed by atoms with Crippen molar-refractivity contribution in [2.45, 2.75) is 20.2 Å². The Hall–Kier alpha value is -3.76. The van der Waals surface area contributed by atoms with E-state index in [2.05, 4.69) is 10.3 Å². The summed E-state index contributed by atoms with van der Waals surface area (Å²) in [5, 5.41) is 12.7. The molecule has 0 aliphatic rings. The second-order valence-electron chi connectivity index (χ2n) is 7.36. The van der Waals surface area contributed by atoms with Crippen molar-refractivity contribution in [2.75, 3.05) is 32.5 Å². The van der Waals surface area contributed by atoms with Gasteiger partial charge in [0.2, 0.25) is 0 Å². The second kappa shape index (κ2) is 10.7. The van der Waals surface area contributed by atoms with Gasteiger partial charge in [-0.3, -0.25) is 9.78 Å². The van der Waals surface area contributed by atoms with Crippen LogP contribution in [0.3, 0.4) is 0 Å². The number of pyridine rings is 1. The van der Waals surface area contributed by atoms with Gasteiger partial charge in [0.15, 0.2) is 5.78 Å². The largest absolute Gasteiger partial charge is 0.494 e. The molecule has 0 aliphatic heterocycles. The Kier molecular flexibility index (Phi) is 4.67. The topological polar surface area (TPSA) is 78.3 Å². The predicted molar refractivity (Wildman–Crippen MR) is 128 cm³/mol.